The topological polar surface area (TPSA) is 42.5 Å². The van der Waals surface area contributed by atoms with Crippen LogP contribution in [0.15, 0.2) is 18.2 Å². The van der Waals surface area contributed by atoms with E-state index in [9.17, 15) is 0 Å². The molecule has 0 radical (unpaired) electrons. The Hall–Kier alpha value is -1.49. The molecule has 2 rings (SSSR count). The van der Waals surface area contributed by atoms with E-state index in [1.807, 2.05) is 12.1 Å². The molecule has 0 amide bonds. The summed E-state index contributed by atoms with van der Waals surface area (Å²) >= 11 is 5.37. The molecule has 2 N–H and O–H groups in total. The van der Waals surface area contributed by atoms with Crippen LogP contribution < -0.4 is 20.1 Å². The predicted molar refractivity (Wildman–Crippen MR) is 93.9 cm³/mol. The lowest BCUT2D eigenvalue weighted by Gasteiger charge is -2.24. The molecule has 0 aromatic heterocycles. The highest BCUT2D eigenvalue weighted by Crippen LogP contribution is 2.27. The molecule has 0 bridgehead atoms. The lowest BCUT2D eigenvalue weighted by Crippen LogP contribution is -2.43. The fraction of sp³-hybridized carbons (Fsp3) is 0.588. The van der Waals surface area contributed by atoms with Crippen molar-refractivity contribution in [3.8, 4) is 11.5 Å². The molecule has 0 spiro atoms. The molecule has 0 unspecified atom stereocenters. The van der Waals surface area contributed by atoms with Gasteiger partial charge in [-0.2, -0.15) is 0 Å². The number of benzene rings is 1. The largest absolute Gasteiger partial charge is 0.493 e. The number of methoxy groups -OCH3 is 2. The summed E-state index contributed by atoms with van der Waals surface area (Å²) in [5.74, 6) is 1.52. The van der Waals surface area contributed by atoms with Gasteiger partial charge in [-0.15, -0.1) is 0 Å². The van der Waals surface area contributed by atoms with Crippen LogP contribution in [0.1, 0.15) is 37.7 Å². The van der Waals surface area contributed by atoms with E-state index >= 15 is 0 Å². The molecule has 0 atom stereocenters. The van der Waals surface area contributed by atoms with Gasteiger partial charge in [0.25, 0.3) is 0 Å². The molecule has 1 fully saturated rings. The van der Waals surface area contributed by atoms with Crippen molar-refractivity contribution in [1.82, 2.24) is 10.6 Å². The second-order valence-corrected chi connectivity index (χ2v) is 6.08. The first kappa shape index (κ1) is 16.9. The Kier molecular flexibility index (Phi) is 6.77. The van der Waals surface area contributed by atoms with Gasteiger partial charge in [0, 0.05) is 12.6 Å². The van der Waals surface area contributed by atoms with Gasteiger partial charge < -0.3 is 20.1 Å². The fourth-order valence-electron chi connectivity index (χ4n) is 2.84. The lowest BCUT2D eigenvalue weighted by atomic mass is 9.96. The predicted octanol–water partition coefficient (Wildman–Crippen LogP) is 3.04. The van der Waals surface area contributed by atoms with Crippen LogP contribution in [0.4, 0.5) is 0 Å². The van der Waals surface area contributed by atoms with Crippen LogP contribution in [0.5, 0.6) is 11.5 Å². The van der Waals surface area contributed by atoms with Gasteiger partial charge in [-0.05, 0) is 49.2 Å². The molecule has 122 valence electrons. The van der Waals surface area contributed by atoms with Gasteiger partial charge in [0.1, 0.15) is 0 Å². The van der Waals surface area contributed by atoms with Gasteiger partial charge in [0.2, 0.25) is 0 Å². The molecule has 1 aliphatic rings. The van der Waals surface area contributed by atoms with Crippen molar-refractivity contribution < 1.29 is 9.47 Å². The Balaban J connectivity index is 1.74. The average Bonchev–Trinajstić information content (AvgIpc) is 2.55. The first-order chi connectivity index (χ1) is 10.7. The molecule has 1 aromatic rings. The highest BCUT2D eigenvalue weighted by atomic mass is 32.1. The van der Waals surface area contributed by atoms with Crippen LogP contribution >= 0.6 is 12.2 Å². The Labute approximate surface area is 138 Å². The van der Waals surface area contributed by atoms with Crippen LogP contribution in [0.3, 0.4) is 0 Å². The number of hydrogen-bond donors (Lipinski definition) is 2. The van der Waals surface area contributed by atoms with Gasteiger partial charge in [0.05, 0.1) is 14.2 Å². The minimum absolute atomic E-state index is 0.551. The number of nitrogens with one attached hydrogen (secondary N) is 2. The van der Waals surface area contributed by atoms with Crippen LogP contribution in [0.2, 0.25) is 0 Å². The molecular formula is C17H26N2O2S. The van der Waals surface area contributed by atoms with Crippen molar-refractivity contribution >= 4 is 17.3 Å². The molecule has 5 heteroatoms. The van der Waals surface area contributed by atoms with Crippen molar-refractivity contribution in [1.29, 1.82) is 0 Å². The number of thiocarbonyl (C=S) groups is 1. The van der Waals surface area contributed by atoms with Gasteiger partial charge in [-0.3, -0.25) is 0 Å². The van der Waals surface area contributed by atoms with E-state index in [1.165, 1.54) is 37.7 Å². The van der Waals surface area contributed by atoms with Gasteiger partial charge in [0.15, 0.2) is 16.6 Å². The van der Waals surface area contributed by atoms with Crippen molar-refractivity contribution in [3.05, 3.63) is 23.8 Å². The first-order valence-corrected chi connectivity index (χ1v) is 8.39. The molecule has 0 saturated heterocycles. The summed E-state index contributed by atoms with van der Waals surface area (Å²) in [4.78, 5) is 0. The molecule has 1 aliphatic carbocycles. The maximum absolute atomic E-state index is 5.37. The minimum Gasteiger partial charge on any atom is -0.493 e. The van der Waals surface area contributed by atoms with Gasteiger partial charge >= 0.3 is 0 Å². The van der Waals surface area contributed by atoms with Crippen LogP contribution in [-0.4, -0.2) is 31.9 Å². The Bertz CT molecular complexity index is 488. The second kappa shape index (κ2) is 8.83. The molecule has 0 heterocycles. The summed E-state index contributed by atoms with van der Waals surface area (Å²) in [7, 11) is 3.30. The van der Waals surface area contributed by atoms with Crippen molar-refractivity contribution in [3.63, 3.8) is 0 Å². The monoisotopic (exact) mass is 322 g/mol. The molecule has 1 aromatic carbocycles. The highest BCUT2D eigenvalue weighted by Gasteiger charge is 2.13. The standard InChI is InChI=1S/C17H26N2O2S/c1-20-15-9-8-13(12-16(15)21-2)10-11-18-17(22)19-14-6-4-3-5-7-14/h8-9,12,14H,3-7,10-11H2,1-2H3,(H2,18,19,22). The Morgan fingerprint density at radius 2 is 1.86 bits per heavy atom. The lowest BCUT2D eigenvalue weighted by molar-refractivity contribution is 0.354. The third-order valence-electron chi connectivity index (χ3n) is 4.09. The SMILES string of the molecule is COc1ccc(CCNC(=S)NC2CCCCC2)cc1OC. The smallest absolute Gasteiger partial charge is 0.166 e. The van der Waals surface area contributed by atoms with Crippen molar-refractivity contribution in [2.75, 3.05) is 20.8 Å². The average molecular weight is 322 g/mol. The summed E-state index contributed by atoms with van der Waals surface area (Å²) in [6, 6.07) is 6.56. The summed E-state index contributed by atoms with van der Waals surface area (Å²) in [6.07, 6.45) is 7.34. The van der Waals surface area contributed by atoms with E-state index in [-0.39, 0.29) is 0 Å². The minimum atomic E-state index is 0.551. The fourth-order valence-corrected chi connectivity index (χ4v) is 3.11. The number of ether oxygens (including phenoxy) is 2. The second-order valence-electron chi connectivity index (χ2n) is 5.67. The first-order valence-electron chi connectivity index (χ1n) is 7.98. The summed E-state index contributed by atoms with van der Waals surface area (Å²) < 4.78 is 10.6. The number of rotatable bonds is 6. The third-order valence-corrected chi connectivity index (χ3v) is 4.35. The summed E-state index contributed by atoms with van der Waals surface area (Å²) in [6.45, 7) is 0.814. The van der Waals surface area contributed by atoms with E-state index in [2.05, 4.69) is 16.7 Å². The Morgan fingerprint density at radius 1 is 1.14 bits per heavy atom. The zero-order valence-electron chi connectivity index (χ0n) is 13.5. The van der Waals surface area contributed by atoms with E-state index < -0.39 is 0 Å². The molecule has 1 saturated carbocycles. The van der Waals surface area contributed by atoms with E-state index in [0.29, 0.717) is 6.04 Å². The molecular weight excluding hydrogens is 296 g/mol. The van der Waals surface area contributed by atoms with Crippen molar-refractivity contribution in [2.24, 2.45) is 0 Å². The zero-order valence-corrected chi connectivity index (χ0v) is 14.3. The van der Waals surface area contributed by atoms with E-state index in [1.54, 1.807) is 14.2 Å². The molecule has 0 aliphatic heterocycles. The highest BCUT2D eigenvalue weighted by molar-refractivity contribution is 7.80. The van der Waals surface area contributed by atoms with E-state index in [4.69, 9.17) is 21.7 Å². The van der Waals surface area contributed by atoms with Crippen molar-refractivity contribution in [2.45, 2.75) is 44.6 Å². The van der Waals surface area contributed by atoms with Crippen LogP contribution in [0.25, 0.3) is 0 Å². The van der Waals surface area contributed by atoms with Gasteiger partial charge in [-0.25, -0.2) is 0 Å². The maximum Gasteiger partial charge on any atom is 0.166 e. The third kappa shape index (κ3) is 5.05. The van der Waals surface area contributed by atoms with Gasteiger partial charge in [-0.1, -0.05) is 25.3 Å². The number of hydrogen-bond acceptors (Lipinski definition) is 3. The summed E-state index contributed by atoms with van der Waals surface area (Å²) in [5.41, 5.74) is 1.20. The maximum atomic E-state index is 5.37. The zero-order chi connectivity index (χ0) is 15.8. The Morgan fingerprint density at radius 3 is 2.55 bits per heavy atom. The summed E-state index contributed by atoms with van der Waals surface area (Å²) in [5, 5.41) is 7.49. The quantitative estimate of drug-likeness (QED) is 0.788. The molecule has 4 nitrogen and oxygen atoms in total. The molecule has 22 heavy (non-hydrogen) atoms. The van der Waals surface area contributed by atoms with Crippen LogP contribution in [-0.2, 0) is 6.42 Å². The normalized spacial score (nSPS) is 15.2. The van der Waals surface area contributed by atoms with E-state index in [0.717, 1.165) is 29.6 Å². The van der Waals surface area contributed by atoms with Crippen LogP contribution in [0, 0.1) is 0 Å².